The van der Waals surface area contributed by atoms with Crippen LogP contribution in [0, 0.1) is 0 Å². The summed E-state index contributed by atoms with van der Waals surface area (Å²) >= 11 is 0. The molecule has 0 radical (unpaired) electrons. The van der Waals surface area contributed by atoms with Gasteiger partial charge in [-0.25, -0.2) is 0 Å². The molecule has 0 saturated carbocycles. The van der Waals surface area contributed by atoms with Gasteiger partial charge in [0.25, 0.3) is 0 Å². The number of hydrogen-bond donors (Lipinski definition) is 1. The van der Waals surface area contributed by atoms with Gasteiger partial charge in [0, 0.05) is 26.2 Å². The van der Waals surface area contributed by atoms with Gasteiger partial charge in [-0.05, 0) is 31.7 Å². The van der Waals surface area contributed by atoms with Gasteiger partial charge >= 0.3 is 0 Å². The molecule has 0 aliphatic rings. The molecule has 4 nitrogen and oxygen atoms in total. The first-order chi connectivity index (χ1) is 8.56. The van der Waals surface area contributed by atoms with E-state index in [9.17, 15) is 0 Å². The molecule has 0 aliphatic heterocycles. The minimum absolute atomic E-state index is 0.0193. The van der Waals surface area contributed by atoms with Gasteiger partial charge in [0.15, 0.2) is 0 Å². The summed E-state index contributed by atoms with van der Waals surface area (Å²) in [5.74, 6) is 0.843. The van der Waals surface area contributed by atoms with Gasteiger partial charge in [0.2, 0.25) is 0 Å². The van der Waals surface area contributed by atoms with Gasteiger partial charge in [0.05, 0.1) is 13.2 Å². The number of hydrogen-bond acceptors (Lipinski definition) is 4. The highest BCUT2D eigenvalue weighted by Gasteiger charge is 2.12. The van der Waals surface area contributed by atoms with Gasteiger partial charge in [-0.3, -0.25) is 0 Å². The second-order valence-electron chi connectivity index (χ2n) is 4.65. The zero-order valence-corrected chi connectivity index (χ0v) is 11.7. The van der Waals surface area contributed by atoms with Crippen molar-refractivity contribution in [1.29, 1.82) is 0 Å². The summed E-state index contributed by atoms with van der Waals surface area (Å²) in [7, 11) is 5.44. The number of nitrogens with two attached hydrogens (primary N) is 1. The van der Waals surface area contributed by atoms with E-state index in [2.05, 4.69) is 11.9 Å². The van der Waals surface area contributed by atoms with Crippen molar-refractivity contribution in [3.05, 3.63) is 29.8 Å². The lowest BCUT2D eigenvalue weighted by molar-refractivity contribution is 0.0840. The average Bonchev–Trinajstić information content (AvgIpc) is 2.38. The van der Waals surface area contributed by atoms with E-state index >= 15 is 0 Å². The maximum absolute atomic E-state index is 6.20. The van der Waals surface area contributed by atoms with Crippen molar-refractivity contribution < 1.29 is 9.47 Å². The minimum Gasteiger partial charge on any atom is -0.497 e. The van der Waals surface area contributed by atoms with Gasteiger partial charge in [-0.2, -0.15) is 0 Å². The minimum atomic E-state index is -0.0193. The third-order valence-corrected chi connectivity index (χ3v) is 3.00. The number of rotatable bonds is 7. The Morgan fingerprint density at radius 3 is 2.61 bits per heavy atom. The van der Waals surface area contributed by atoms with E-state index in [1.165, 1.54) is 0 Å². The molecule has 1 aromatic carbocycles. The van der Waals surface area contributed by atoms with Crippen molar-refractivity contribution >= 4 is 0 Å². The number of methoxy groups -OCH3 is 2. The second-order valence-corrected chi connectivity index (χ2v) is 4.65. The van der Waals surface area contributed by atoms with Crippen LogP contribution >= 0.6 is 0 Å². The smallest absolute Gasteiger partial charge is 0.119 e. The van der Waals surface area contributed by atoms with Crippen LogP contribution in [0.1, 0.15) is 18.5 Å². The van der Waals surface area contributed by atoms with E-state index in [0.717, 1.165) is 24.4 Å². The summed E-state index contributed by atoms with van der Waals surface area (Å²) in [4.78, 5) is 2.18. The molecule has 1 aromatic rings. The number of nitrogens with zero attached hydrogens (tertiary/aromatic N) is 1. The van der Waals surface area contributed by atoms with Crippen LogP contribution in [-0.2, 0) is 4.74 Å². The molecule has 0 aliphatic carbocycles. The Labute approximate surface area is 110 Å². The van der Waals surface area contributed by atoms with Gasteiger partial charge in [-0.15, -0.1) is 0 Å². The predicted octanol–water partition coefficient (Wildman–Crippen LogP) is 1.66. The molecule has 2 atom stereocenters. The molecule has 2 unspecified atom stereocenters. The number of likely N-dealkylation sites (N-methyl/N-ethyl adjacent to an activating group) is 1. The highest BCUT2D eigenvalue weighted by Crippen LogP contribution is 2.18. The lowest BCUT2D eigenvalue weighted by atomic mass is 10.1. The van der Waals surface area contributed by atoms with Crippen LogP contribution in [0.5, 0.6) is 5.75 Å². The van der Waals surface area contributed by atoms with E-state index in [-0.39, 0.29) is 12.1 Å². The van der Waals surface area contributed by atoms with Crippen molar-refractivity contribution in [3.63, 3.8) is 0 Å². The van der Waals surface area contributed by atoms with Crippen molar-refractivity contribution in [1.82, 2.24) is 4.90 Å². The Morgan fingerprint density at radius 1 is 1.28 bits per heavy atom. The van der Waals surface area contributed by atoms with Crippen LogP contribution in [0.25, 0.3) is 0 Å². The third-order valence-electron chi connectivity index (χ3n) is 3.00. The van der Waals surface area contributed by atoms with Gasteiger partial charge < -0.3 is 20.1 Å². The normalized spacial score (nSPS) is 14.6. The molecule has 2 N–H and O–H groups in total. The molecule has 0 saturated heterocycles. The molecule has 4 heteroatoms. The van der Waals surface area contributed by atoms with Crippen molar-refractivity contribution in [2.24, 2.45) is 5.73 Å². The third kappa shape index (κ3) is 4.64. The van der Waals surface area contributed by atoms with Crippen LogP contribution < -0.4 is 10.5 Å². The maximum atomic E-state index is 6.20. The fraction of sp³-hybridized carbons (Fsp3) is 0.571. The molecule has 102 valence electrons. The highest BCUT2D eigenvalue weighted by atomic mass is 16.5. The molecular formula is C14H24N2O2. The lowest BCUT2D eigenvalue weighted by Crippen LogP contribution is -2.34. The topological polar surface area (TPSA) is 47.7 Å². The molecule has 0 fully saturated rings. The first-order valence-corrected chi connectivity index (χ1v) is 6.17. The Kier molecular flexibility index (Phi) is 6.12. The van der Waals surface area contributed by atoms with Crippen molar-refractivity contribution in [2.75, 3.05) is 34.4 Å². The first-order valence-electron chi connectivity index (χ1n) is 6.17. The average molecular weight is 252 g/mol. The largest absolute Gasteiger partial charge is 0.497 e. The van der Waals surface area contributed by atoms with Crippen LogP contribution in [0.15, 0.2) is 24.3 Å². The molecule has 0 heterocycles. The fourth-order valence-corrected chi connectivity index (χ4v) is 1.90. The molecule has 1 rings (SSSR count). The summed E-state index contributed by atoms with van der Waals surface area (Å²) in [5, 5.41) is 0. The summed E-state index contributed by atoms with van der Waals surface area (Å²) in [6, 6.07) is 7.88. The Morgan fingerprint density at radius 2 is 2.00 bits per heavy atom. The van der Waals surface area contributed by atoms with E-state index in [0.29, 0.717) is 0 Å². The number of benzene rings is 1. The molecule has 0 amide bonds. The SMILES string of the molecule is COc1cccc(C(N)CN(C)CC(C)OC)c1. The summed E-state index contributed by atoms with van der Waals surface area (Å²) < 4.78 is 10.4. The van der Waals surface area contributed by atoms with E-state index < -0.39 is 0 Å². The lowest BCUT2D eigenvalue weighted by Gasteiger charge is -2.24. The molecular weight excluding hydrogens is 228 g/mol. The summed E-state index contributed by atoms with van der Waals surface area (Å²) in [6.07, 6.45) is 0.215. The molecule has 0 aromatic heterocycles. The quantitative estimate of drug-likeness (QED) is 0.802. The summed E-state index contributed by atoms with van der Waals surface area (Å²) in [6.45, 7) is 3.71. The Bertz CT molecular complexity index is 357. The zero-order chi connectivity index (χ0) is 13.5. The maximum Gasteiger partial charge on any atom is 0.119 e. The van der Waals surface area contributed by atoms with Crippen LogP contribution in [0.2, 0.25) is 0 Å². The van der Waals surface area contributed by atoms with Gasteiger partial charge in [-0.1, -0.05) is 12.1 Å². The van der Waals surface area contributed by atoms with E-state index in [4.69, 9.17) is 15.2 Å². The Balaban J connectivity index is 2.55. The predicted molar refractivity (Wildman–Crippen MR) is 73.9 cm³/mol. The highest BCUT2D eigenvalue weighted by molar-refractivity contribution is 5.30. The van der Waals surface area contributed by atoms with Crippen LogP contribution in [-0.4, -0.2) is 45.4 Å². The van der Waals surface area contributed by atoms with Crippen molar-refractivity contribution in [3.8, 4) is 5.75 Å². The first kappa shape index (κ1) is 15.0. The van der Waals surface area contributed by atoms with Crippen molar-refractivity contribution in [2.45, 2.75) is 19.1 Å². The molecule has 18 heavy (non-hydrogen) atoms. The molecule has 0 bridgehead atoms. The van der Waals surface area contributed by atoms with E-state index in [1.807, 2.05) is 31.2 Å². The zero-order valence-electron chi connectivity index (χ0n) is 11.7. The number of ether oxygens (including phenoxy) is 2. The fourth-order valence-electron chi connectivity index (χ4n) is 1.90. The standard InChI is InChI=1S/C14H24N2O2/c1-11(17-3)9-16(2)10-14(15)12-6-5-7-13(8-12)18-4/h5-8,11,14H,9-10,15H2,1-4H3. The van der Waals surface area contributed by atoms with E-state index in [1.54, 1.807) is 14.2 Å². The van der Waals surface area contributed by atoms with Gasteiger partial charge in [0.1, 0.15) is 5.75 Å². The monoisotopic (exact) mass is 252 g/mol. The van der Waals surface area contributed by atoms with Crippen LogP contribution in [0.4, 0.5) is 0 Å². The Hall–Kier alpha value is -1.10. The summed E-state index contributed by atoms with van der Waals surface area (Å²) in [5.41, 5.74) is 7.29. The second kappa shape index (κ2) is 7.36. The van der Waals surface area contributed by atoms with Crippen LogP contribution in [0.3, 0.4) is 0 Å². The molecule has 0 spiro atoms.